The van der Waals surface area contributed by atoms with Gasteiger partial charge in [-0.2, -0.15) is 0 Å². The summed E-state index contributed by atoms with van der Waals surface area (Å²) in [6.07, 6.45) is 3.82. The van der Waals surface area contributed by atoms with Crippen molar-refractivity contribution >= 4 is 21.8 Å². The smallest absolute Gasteiger partial charge is 0.252 e. The van der Waals surface area contributed by atoms with Crippen LogP contribution in [0.3, 0.4) is 0 Å². The Morgan fingerprint density at radius 3 is 2.93 bits per heavy atom. The first-order valence-electron chi connectivity index (χ1n) is 4.29. The van der Waals surface area contributed by atoms with Crippen LogP contribution < -0.4 is 10.5 Å². The van der Waals surface area contributed by atoms with Crippen LogP contribution >= 0.6 is 15.9 Å². The number of hydrogen-bond acceptors (Lipinski definition) is 3. The van der Waals surface area contributed by atoms with E-state index in [1.54, 1.807) is 6.07 Å². The number of rotatable bonds is 3. The van der Waals surface area contributed by atoms with Crippen LogP contribution in [-0.2, 0) is 0 Å². The molecule has 1 amide bonds. The second kappa shape index (κ2) is 3.57. The van der Waals surface area contributed by atoms with Crippen molar-refractivity contribution < 1.29 is 9.53 Å². The predicted octanol–water partition coefficient (Wildman–Crippen LogP) is 1.48. The Kier molecular flexibility index (Phi) is 2.41. The minimum absolute atomic E-state index is 0.232. The van der Waals surface area contributed by atoms with Gasteiger partial charge in [0.05, 0.1) is 17.9 Å². The zero-order chi connectivity index (χ0) is 10.1. The summed E-state index contributed by atoms with van der Waals surface area (Å²) in [5.74, 6) is -0.0213. The van der Waals surface area contributed by atoms with Gasteiger partial charge in [-0.05, 0) is 34.8 Å². The van der Waals surface area contributed by atoms with E-state index >= 15 is 0 Å². The maximum Gasteiger partial charge on any atom is 0.252 e. The quantitative estimate of drug-likeness (QED) is 0.834. The normalized spacial score (nSPS) is 15.2. The number of carbonyl (C=O) groups is 1. The van der Waals surface area contributed by atoms with Gasteiger partial charge in [-0.25, -0.2) is 4.98 Å². The molecule has 0 aliphatic heterocycles. The van der Waals surface area contributed by atoms with E-state index in [0.717, 1.165) is 12.8 Å². The molecule has 2 rings (SSSR count). The van der Waals surface area contributed by atoms with Crippen molar-refractivity contribution in [3.63, 3.8) is 0 Å². The van der Waals surface area contributed by atoms with Gasteiger partial charge in [-0.1, -0.05) is 0 Å². The van der Waals surface area contributed by atoms with Crippen molar-refractivity contribution in [2.24, 2.45) is 5.73 Å². The van der Waals surface area contributed by atoms with Crippen LogP contribution in [0.4, 0.5) is 0 Å². The Bertz CT molecular complexity index is 377. The van der Waals surface area contributed by atoms with Crippen LogP contribution in [0, 0.1) is 0 Å². The van der Waals surface area contributed by atoms with E-state index < -0.39 is 5.91 Å². The number of nitrogens with zero attached hydrogens (tertiary/aromatic N) is 1. The van der Waals surface area contributed by atoms with E-state index in [1.165, 1.54) is 6.20 Å². The van der Waals surface area contributed by atoms with E-state index in [-0.39, 0.29) is 6.10 Å². The first-order valence-corrected chi connectivity index (χ1v) is 5.08. The van der Waals surface area contributed by atoms with E-state index in [1.807, 2.05) is 0 Å². The summed E-state index contributed by atoms with van der Waals surface area (Å²) in [5.41, 5.74) is 5.59. The number of carbonyl (C=O) groups excluding carboxylic acids is 1. The standard InChI is InChI=1S/C9H9BrN2O2/c10-8-3-6(9(11)13)7(4-12-8)14-5-1-2-5/h3-5H,1-2H2,(H2,11,13). The summed E-state index contributed by atoms with van der Waals surface area (Å²) in [4.78, 5) is 15.1. The third-order valence-corrected chi connectivity index (χ3v) is 2.35. The van der Waals surface area contributed by atoms with Crippen LogP contribution in [0.25, 0.3) is 0 Å². The summed E-state index contributed by atoms with van der Waals surface area (Å²) in [5, 5.41) is 0. The van der Waals surface area contributed by atoms with Crippen LogP contribution in [0.15, 0.2) is 16.9 Å². The molecule has 1 aromatic heterocycles. The number of ether oxygens (including phenoxy) is 1. The molecular weight excluding hydrogens is 248 g/mol. The highest BCUT2D eigenvalue weighted by molar-refractivity contribution is 9.10. The van der Waals surface area contributed by atoms with E-state index in [4.69, 9.17) is 10.5 Å². The first kappa shape index (κ1) is 9.45. The molecule has 14 heavy (non-hydrogen) atoms. The highest BCUT2D eigenvalue weighted by Gasteiger charge is 2.25. The minimum Gasteiger partial charge on any atom is -0.488 e. The van der Waals surface area contributed by atoms with Crippen molar-refractivity contribution in [3.05, 3.63) is 22.4 Å². The number of nitrogens with two attached hydrogens (primary N) is 1. The van der Waals surface area contributed by atoms with Crippen LogP contribution in [0.2, 0.25) is 0 Å². The largest absolute Gasteiger partial charge is 0.488 e. The van der Waals surface area contributed by atoms with Gasteiger partial charge in [0.2, 0.25) is 0 Å². The first-order chi connectivity index (χ1) is 6.66. The maximum atomic E-state index is 11.1. The molecule has 1 saturated carbocycles. The lowest BCUT2D eigenvalue weighted by Crippen LogP contribution is -2.14. The molecule has 0 aromatic carbocycles. The molecule has 0 unspecified atom stereocenters. The predicted molar refractivity (Wildman–Crippen MR) is 54.1 cm³/mol. The molecule has 0 radical (unpaired) electrons. The van der Waals surface area contributed by atoms with E-state index in [0.29, 0.717) is 15.9 Å². The van der Waals surface area contributed by atoms with Crippen molar-refractivity contribution in [2.75, 3.05) is 0 Å². The topological polar surface area (TPSA) is 65.2 Å². The summed E-state index contributed by atoms with van der Waals surface area (Å²) >= 11 is 3.17. The Labute approximate surface area is 89.6 Å². The molecule has 0 saturated heterocycles. The number of pyridine rings is 1. The molecule has 1 aliphatic carbocycles. The lowest BCUT2D eigenvalue weighted by Gasteiger charge is -2.07. The average Bonchev–Trinajstić information content (AvgIpc) is 2.91. The molecule has 4 nitrogen and oxygen atoms in total. The summed E-state index contributed by atoms with van der Waals surface area (Å²) in [6.45, 7) is 0. The van der Waals surface area contributed by atoms with Crippen molar-refractivity contribution in [2.45, 2.75) is 18.9 Å². The molecule has 1 aromatic rings. The molecule has 1 heterocycles. The second-order valence-corrected chi connectivity index (χ2v) is 4.00. The fourth-order valence-corrected chi connectivity index (χ4v) is 1.40. The van der Waals surface area contributed by atoms with Crippen molar-refractivity contribution in [1.29, 1.82) is 0 Å². The number of primary amides is 1. The van der Waals surface area contributed by atoms with Crippen LogP contribution in [-0.4, -0.2) is 17.0 Å². The molecule has 0 spiro atoms. The van der Waals surface area contributed by atoms with Gasteiger partial charge in [-0.15, -0.1) is 0 Å². The van der Waals surface area contributed by atoms with Crippen LogP contribution in [0.5, 0.6) is 5.75 Å². The Balaban J connectivity index is 2.31. The van der Waals surface area contributed by atoms with Gasteiger partial charge in [0.1, 0.15) is 4.60 Å². The van der Waals surface area contributed by atoms with Gasteiger partial charge in [0, 0.05) is 0 Å². The zero-order valence-electron chi connectivity index (χ0n) is 7.37. The molecule has 74 valence electrons. The summed E-state index contributed by atoms with van der Waals surface area (Å²) < 4.78 is 6.07. The van der Waals surface area contributed by atoms with Gasteiger partial charge in [0.25, 0.3) is 5.91 Å². The molecule has 1 fully saturated rings. The zero-order valence-corrected chi connectivity index (χ0v) is 8.95. The average molecular weight is 257 g/mol. The Hall–Kier alpha value is -1.10. The lowest BCUT2D eigenvalue weighted by atomic mass is 10.2. The van der Waals surface area contributed by atoms with E-state index in [9.17, 15) is 4.79 Å². The molecule has 2 N–H and O–H groups in total. The van der Waals surface area contributed by atoms with Gasteiger partial charge in [0.15, 0.2) is 5.75 Å². The highest BCUT2D eigenvalue weighted by Crippen LogP contribution is 2.29. The fourth-order valence-electron chi connectivity index (χ4n) is 1.07. The van der Waals surface area contributed by atoms with E-state index in [2.05, 4.69) is 20.9 Å². The summed E-state index contributed by atoms with van der Waals surface area (Å²) in [7, 11) is 0. The highest BCUT2D eigenvalue weighted by atomic mass is 79.9. The van der Waals surface area contributed by atoms with Gasteiger partial charge < -0.3 is 10.5 Å². The minimum atomic E-state index is -0.497. The van der Waals surface area contributed by atoms with Crippen molar-refractivity contribution in [3.8, 4) is 5.75 Å². The SMILES string of the molecule is NC(=O)c1cc(Br)ncc1OC1CC1. The van der Waals surface area contributed by atoms with Gasteiger partial charge >= 0.3 is 0 Å². The summed E-state index contributed by atoms with van der Waals surface area (Å²) in [6, 6.07) is 1.57. The number of amides is 1. The molecule has 0 bridgehead atoms. The number of halogens is 1. The van der Waals surface area contributed by atoms with Gasteiger partial charge in [-0.3, -0.25) is 4.79 Å². The third-order valence-electron chi connectivity index (χ3n) is 1.92. The Morgan fingerprint density at radius 1 is 1.64 bits per heavy atom. The molecule has 0 atom stereocenters. The maximum absolute atomic E-state index is 11.1. The molecule has 1 aliphatic rings. The van der Waals surface area contributed by atoms with Crippen LogP contribution in [0.1, 0.15) is 23.2 Å². The van der Waals surface area contributed by atoms with Crippen molar-refractivity contribution in [1.82, 2.24) is 4.98 Å². The lowest BCUT2D eigenvalue weighted by molar-refractivity contribution is 0.0995. The number of aromatic nitrogens is 1. The number of hydrogen-bond donors (Lipinski definition) is 1. The molecular formula is C9H9BrN2O2. The monoisotopic (exact) mass is 256 g/mol. The molecule has 5 heteroatoms. The fraction of sp³-hybridized carbons (Fsp3) is 0.333. The Morgan fingerprint density at radius 2 is 2.36 bits per heavy atom. The second-order valence-electron chi connectivity index (χ2n) is 3.18. The third kappa shape index (κ3) is 2.04.